The predicted octanol–water partition coefficient (Wildman–Crippen LogP) is 5.15. The van der Waals surface area contributed by atoms with E-state index in [4.69, 9.17) is 11.6 Å². The minimum atomic E-state index is 0.398. The van der Waals surface area contributed by atoms with Gasteiger partial charge in [-0.2, -0.15) is 0 Å². The molecule has 1 fully saturated rings. The highest BCUT2D eigenvalue weighted by atomic mass is 35.5. The molecule has 1 aromatic carbocycles. The summed E-state index contributed by atoms with van der Waals surface area (Å²) >= 11 is 6.23. The van der Waals surface area contributed by atoms with Gasteiger partial charge in [0.15, 0.2) is 0 Å². The molecule has 0 amide bonds. The molecule has 0 aromatic heterocycles. The van der Waals surface area contributed by atoms with E-state index >= 15 is 0 Å². The molecule has 2 atom stereocenters. The molecule has 94 valence electrons. The number of halogens is 1. The molecule has 0 saturated heterocycles. The third-order valence-corrected chi connectivity index (χ3v) is 4.43. The van der Waals surface area contributed by atoms with Crippen molar-refractivity contribution in [2.24, 2.45) is 5.41 Å². The zero-order chi connectivity index (χ0) is 12.5. The topological polar surface area (TPSA) is 0 Å². The maximum absolute atomic E-state index is 6.23. The molecule has 1 aromatic rings. The van der Waals surface area contributed by atoms with Gasteiger partial charge in [-0.05, 0) is 48.1 Å². The third kappa shape index (κ3) is 3.25. The summed E-state index contributed by atoms with van der Waals surface area (Å²) in [5.41, 5.74) is 3.31. The van der Waals surface area contributed by atoms with E-state index in [0.717, 1.165) is 0 Å². The number of rotatable bonds is 3. The average molecular weight is 251 g/mol. The highest BCUT2D eigenvalue weighted by molar-refractivity contribution is 6.20. The van der Waals surface area contributed by atoms with Crippen LogP contribution in [0.25, 0.3) is 0 Å². The summed E-state index contributed by atoms with van der Waals surface area (Å²) in [6.07, 6.45) is 4.80. The van der Waals surface area contributed by atoms with E-state index in [2.05, 4.69) is 45.0 Å². The molecule has 1 heteroatoms. The van der Waals surface area contributed by atoms with Gasteiger partial charge in [0.25, 0.3) is 0 Å². The summed E-state index contributed by atoms with van der Waals surface area (Å²) in [5.74, 6) is 0.623. The lowest BCUT2D eigenvalue weighted by molar-refractivity contribution is 0.335. The third-order valence-electron chi connectivity index (χ3n) is 4.05. The van der Waals surface area contributed by atoms with E-state index < -0.39 is 0 Å². The van der Waals surface area contributed by atoms with Crippen LogP contribution in [0.4, 0.5) is 0 Å². The molecule has 0 heterocycles. The van der Waals surface area contributed by atoms with Crippen molar-refractivity contribution in [3.8, 4) is 0 Å². The van der Waals surface area contributed by atoms with E-state index in [0.29, 0.717) is 16.7 Å². The number of alkyl halides is 1. The quantitative estimate of drug-likeness (QED) is 0.651. The largest absolute Gasteiger partial charge is 0.123 e. The van der Waals surface area contributed by atoms with Gasteiger partial charge in [-0.15, -0.1) is 11.6 Å². The van der Waals surface area contributed by atoms with Gasteiger partial charge >= 0.3 is 0 Å². The summed E-state index contributed by atoms with van der Waals surface area (Å²) in [7, 11) is 0. The van der Waals surface area contributed by atoms with Crippen LogP contribution in [0.2, 0.25) is 0 Å². The van der Waals surface area contributed by atoms with Crippen molar-refractivity contribution in [2.45, 2.75) is 57.7 Å². The molecule has 1 aliphatic rings. The highest BCUT2D eigenvalue weighted by Crippen LogP contribution is 2.42. The summed E-state index contributed by atoms with van der Waals surface area (Å²) in [6.45, 7) is 6.86. The first-order valence-electron chi connectivity index (χ1n) is 6.71. The van der Waals surface area contributed by atoms with Crippen LogP contribution in [0.15, 0.2) is 24.3 Å². The second kappa shape index (κ2) is 5.02. The fourth-order valence-electron chi connectivity index (χ4n) is 2.92. The standard InChI is InChI=1S/C16H23Cl/c1-12(2)14-6-4-13(5-7-14)10-16(3)9-8-15(17)11-16/h4-7,12,15H,8-11H2,1-3H3. The average Bonchev–Trinajstić information content (AvgIpc) is 2.59. The molecular weight excluding hydrogens is 228 g/mol. The first-order chi connectivity index (χ1) is 7.98. The van der Waals surface area contributed by atoms with E-state index in [1.54, 1.807) is 0 Å². The molecule has 0 aliphatic heterocycles. The van der Waals surface area contributed by atoms with Gasteiger partial charge in [-0.3, -0.25) is 0 Å². The van der Waals surface area contributed by atoms with Crippen LogP contribution >= 0.6 is 11.6 Å². The Balaban J connectivity index is 2.04. The summed E-state index contributed by atoms with van der Waals surface area (Å²) in [6, 6.07) is 9.14. The van der Waals surface area contributed by atoms with Gasteiger partial charge in [0.05, 0.1) is 0 Å². The minimum absolute atomic E-state index is 0.398. The second-order valence-corrected chi connectivity index (χ2v) is 6.84. The van der Waals surface area contributed by atoms with Crippen LogP contribution in [0.3, 0.4) is 0 Å². The highest BCUT2D eigenvalue weighted by Gasteiger charge is 2.33. The maximum Gasteiger partial charge on any atom is 0.0341 e. The lowest BCUT2D eigenvalue weighted by Gasteiger charge is -2.23. The Labute approximate surface area is 110 Å². The summed E-state index contributed by atoms with van der Waals surface area (Å²) in [4.78, 5) is 0. The van der Waals surface area contributed by atoms with Crippen LogP contribution in [0, 0.1) is 5.41 Å². The van der Waals surface area contributed by atoms with E-state index in [1.807, 2.05) is 0 Å². The monoisotopic (exact) mass is 250 g/mol. The molecule has 1 saturated carbocycles. The van der Waals surface area contributed by atoms with E-state index in [1.165, 1.54) is 36.8 Å². The van der Waals surface area contributed by atoms with Gasteiger partial charge in [-0.1, -0.05) is 45.0 Å². The van der Waals surface area contributed by atoms with E-state index in [-0.39, 0.29) is 0 Å². The molecule has 0 bridgehead atoms. The van der Waals surface area contributed by atoms with Crippen molar-refractivity contribution in [2.75, 3.05) is 0 Å². The van der Waals surface area contributed by atoms with Gasteiger partial charge in [0.1, 0.15) is 0 Å². The van der Waals surface area contributed by atoms with Crippen molar-refractivity contribution in [1.82, 2.24) is 0 Å². The van der Waals surface area contributed by atoms with Crippen molar-refractivity contribution < 1.29 is 0 Å². The summed E-state index contributed by atoms with van der Waals surface area (Å²) < 4.78 is 0. The normalized spacial score (nSPS) is 28.9. The van der Waals surface area contributed by atoms with Crippen LogP contribution < -0.4 is 0 Å². The smallest absolute Gasteiger partial charge is 0.0341 e. The zero-order valence-electron chi connectivity index (χ0n) is 11.2. The Kier molecular flexibility index (Phi) is 3.82. The van der Waals surface area contributed by atoms with Crippen LogP contribution in [-0.2, 0) is 6.42 Å². The van der Waals surface area contributed by atoms with Crippen molar-refractivity contribution in [3.63, 3.8) is 0 Å². The Morgan fingerprint density at radius 2 is 1.94 bits per heavy atom. The Morgan fingerprint density at radius 3 is 2.41 bits per heavy atom. The molecule has 0 radical (unpaired) electrons. The van der Waals surface area contributed by atoms with Gasteiger partial charge in [0.2, 0.25) is 0 Å². The lowest BCUT2D eigenvalue weighted by atomic mass is 9.82. The summed E-state index contributed by atoms with van der Waals surface area (Å²) in [5, 5.41) is 0.398. The number of benzene rings is 1. The molecule has 0 N–H and O–H groups in total. The van der Waals surface area contributed by atoms with Crippen LogP contribution in [-0.4, -0.2) is 5.38 Å². The molecule has 2 unspecified atom stereocenters. The van der Waals surface area contributed by atoms with Crippen LogP contribution in [0.1, 0.15) is 57.1 Å². The molecule has 0 spiro atoms. The second-order valence-electron chi connectivity index (χ2n) is 6.22. The molecule has 0 nitrogen and oxygen atoms in total. The molecule has 17 heavy (non-hydrogen) atoms. The van der Waals surface area contributed by atoms with Gasteiger partial charge in [-0.25, -0.2) is 0 Å². The predicted molar refractivity (Wildman–Crippen MR) is 75.8 cm³/mol. The first kappa shape index (κ1) is 13.0. The molecular formula is C16H23Cl. The minimum Gasteiger partial charge on any atom is -0.123 e. The number of hydrogen-bond acceptors (Lipinski definition) is 0. The van der Waals surface area contributed by atoms with Crippen molar-refractivity contribution in [1.29, 1.82) is 0 Å². The van der Waals surface area contributed by atoms with Gasteiger partial charge in [0, 0.05) is 5.38 Å². The lowest BCUT2D eigenvalue weighted by Crippen LogP contribution is -2.15. The van der Waals surface area contributed by atoms with E-state index in [9.17, 15) is 0 Å². The Bertz CT molecular complexity index is 366. The SMILES string of the molecule is CC(C)c1ccc(CC2(C)CCC(Cl)C2)cc1. The maximum atomic E-state index is 6.23. The fourth-order valence-corrected chi connectivity index (χ4v) is 3.40. The van der Waals surface area contributed by atoms with Gasteiger partial charge < -0.3 is 0 Å². The Morgan fingerprint density at radius 1 is 1.29 bits per heavy atom. The molecule has 2 rings (SSSR count). The Hall–Kier alpha value is -0.490. The first-order valence-corrected chi connectivity index (χ1v) is 7.15. The zero-order valence-corrected chi connectivity index (χ0v) is 11.9. The van der Waals surface area contributed by atoms with Crippen molar-refractivity contribution in [3.05, 3.63) is 35.4 Å². The van der Waals surface area contributed by atoms with Crippen molar-refractivity contribution >= 4 is 11.6 Å². The molecule has 1 aliphatic carbocycles. The fraction of sp³-hybridized carbons (Fsp3) is 0.625. The number of hydrogen-bond donors (Lipinski definition) is 0. The van der Waals surface area contributed by atoms with Crippen LogP contribution in [0.5, 0.6) is 0 Å².